The Hall–Kier alpha value is -0.870. The number of carbonyl (C=O) groups is 1. The smallest absolute Gasteiger partial charge is 0.244 e. The van der Waals surface area contributed by atoms with Crippen LogP contribution in [-0.4, -0.2) is 31.4 Å². The Morgan fingerprint density at radius 1 is 1.64 bits per heavy atom. The molecule has 2 heterocycles. The van der Waals surface area contributed by atoms with Crippen LogP contribution < -0.4 is 5.32 Å². The van der Waals surface area contributed by atoms with Gasteiger partial charge in [0.25, 0.3) is 0 Å². The van der Waals surface area contributed by atoms with Crippen molar-refractivity contribution in [2.45, 2.75) is 12.5 Å². The molecule has 2 rings (SSSR count). The number of amides is 1. The third kappa shape index (κ3) is 1.44. The Morgan fingerprint density at radius 2 is 2.43 bits per heavy atom. The van der Waals surface area contributed by atoms with Gasteiger partial charge in [0.2, 0.25) is 5.91 Å². The summed E-state index contributed by atoms with van der Waals surface area (Å²) in [6.07, 6.45) is 0.971. The van der Waals surface area contributed by atoms with Crippen molar-refractivity contribution in [3.63, 3.8) is 0 Å². The van der Waals surface area contributed by atoms with Crippen molar-refractivity contribution in [2.75, 3.05) is 20.6 Å². The number of likely N-dealkylation sites (N-methyl/N-ethyl adjacent to an activating group) is 2. The second-order valence-corrected chi connectivity index (χ2v) is 4.49. The van der Waals surface area contributed by atoms with Crippen molar-refractivity contribution in [1.29, 1.82) is 0 Å². The van der Waals surface area contributed by atoms with E-state index >= 15 is 0 Å². The van der Waals surface area contributed by atoms with Crippen LogP contribution in [0.3, 0.4) is 0 Å². The molecule has 0 bridgehead atoms. The molecule has 0 aromatic carbocycles. The fraction of sp³-hybridized carbons (Fsp3) is 0.500. The number of carbonyl (C=O) groups excluding carboxylic acids is 1. The number of hydrogen-bond acceptors (Lipinski definition) is 3. The zero-order chi connectivity index (χ0) is 10.1. The van der Waals surface area contributed by atoms with Crippen molar-refractivity contribution in [1.82, 2.24) is 10.2 Å². The van der Waals surface area contributed by atoms with E-state index in [-0.39, 0.29) is 11.9 Å². The van der Waals surface area contributed by atoms with Crippen LogP contribution in [0.25, 0.3) is 0 Å². The van der Waals surface area contributed by atoms with Gasteiger partial charge in [0, 0.05) is 18.5 Å². The lowest BCUT2D eigenvalue weighted by Crippen LogP contribution is -2.36. The first-order valence-corrected chi connectivity index (χ1v) is 5.60. The van der Waals surface area contributed by atoms with Crippen molar-refractivity contribution < 1.29 is 4.79 Å². The van der Waals surface area contributed by atoms with Gasteiger partial charge in [-0.2, -0.15) is 0 Å². The maximum Gasteiger partial charge on any atom is 0.244 e. The average Bonchev–Trinajstić information content (AvgIpc) is 2.59. The van der Waals surface area contributed by atoms with Crippen LogP contribution in [0.5, 0.6) is 0 Å². The first kappa shape index (κ1) is 9.68. The molecular weight excluding hydrogens is 196 g/mol. The largest absolute Gasteiger partial charge is 0.344 e. The van der Waals surface area contributed by atoms with Crippen LogP contribution in [0.2, 0.25) is 0 Å². The molecule has 76 valence electrons. The van der Waals surface area contributed by atoms with Gasteiger partial charge < -0.3 is 10.2 Å². The Bertz CT molecular complexity index is 348. The van der Waals surface area contributed by atoms with E-state index in [1.807, 2.05) is 14.1 Å². The van der Waals surface area contributed by atoms with Crippen LogP contribution in [0.1, 0.15) is 16.5 Å². The minimum atomic E-state index is -0.141. The van der Waals surface area contributed by atoms with Gasteiger partial charge in [0.15, 0.2) is 0 Å². The van der Waals surface area contributed by atoms with Gasteiger partial charge in [0.05, 0.1) is 0 Å². The molecule has 0 aliphatic carbocycles. The molecule has 1 aliphatic heterocycles. The zero-order valence-corrected chi connectivity index (χ0v) is 9.23. The van der Waals surface area contributed by atoms with Gasteiger partial charge in [-0.25, -0.2) is 0 Å². The lowest BCUT2D eigenvalue weighted by molar-refractivity contribution is -0.131. The maximum atomic E-state index is 11.9. The van der Waals surface area contributed by atoms with Gasteiger partial charge in [-0.05, 0) is 30.5 Å². The van der Waals surface area contributed by atoms with E-state index in [4.69, 9.17) is 0 Å². The highest BCUT2D eigenvalue weighted by Gasteiger charge is 2.28. The van der Waals surface area contributed by atoms with Gasteiger partial charge >= 0.3 is 0 Å². The summed E-state index contributed by atoms with van der Waals surface area (Å²) in [6, 6.07) is 1.98. The van der Waals surface area contributed by atoms with Gasteiger partial charge in [-0.15, -0.1) is 11.3 Å². The normalized spacial score (nSPS) is 22.0. The van der Waals surface area contributed by atoms with E-state index in [0.717, 1.165) is 13.0 Å². The summed E-state index contributed by atoms with van der Waals surface area (Å²) in [5, 5.41) is 5.15. The molecule has 14 heavy (non-hydrogen) atoms. The molecule has 0 fully saturated rings. The van der Waals surface area contributed by atoms with Gasteiger partial charge in [-0.3, -0.25) is 4.79 Å². The summed E-state index contributed by atoms with van der Waals surface area (Å²) in [4.78, 5) is 14.9. The number of thiophene rings is 1. The predicted molar refractivity (Wildman–Crippen MR) is 57.5 cm³/mol. The molecule has 1 aromatic heterocycles. The minimum absolute atomic E-state index is 0.141. The van der Waals surface area contributed by atoms with Crippen LogP contribution in [0.15, 0.2) is 11.4 Å². The fourth-order valence-electron chi connectivity index (χ4n) is 1.79. The SMILES string of the molecule is CNC1C(=O)N(C)CCc2ccsc21. The first-order valence-electron chi connectivity index (χ1n) is 4.72. The number of hydrogen-bond donors (Lipinski definition) is 1. The molecule has 1 aliphatic rings. The molecule has 1 atom stereocenters. The van der Waals surface area contributed by atoms with E-state index in [1.54, 1.807) is 16.2 Å². The monoisotopic (exact) mass is 210 g/mol. The molecule has 0 spiro atoms. The molecule has 1 amide bonds. The molecule has 4 heteroatoms. The number of nitrogens with zero attached hydrogens (tertiary/aromatic N) is 1. The summed E-state index contributed by atoms with van der Waals surface area (Å²) in [5.41, 5.74) is 1.31. The third-order valence-corrected chi connectivity index (χ3v) is 3.70. The average molecular weight is 210 g/mol. The predicted octanol–water partition coefficient (Wildman–Crippen LogP) is 1.02. The lowest BCUT2D eigenvalue weighted by atomic mass is 10.1. The summed E-state index contributed by atoms with van der Waals surface area (Å²) in [5.74, 6) is 0.175. The quantitative estimate of drug-likeness (QED) is 0.750. The van der Waals surface area contributed by atoms with Crippen molar-refractivity contribution in [3.8, 4) is 0 Å². The molecule has 1 unspecified atom stereocenters. The molecule has 0 saturated carbocycles. The molecule has 1 N–H and O–H groups in total. The summed E-state index contributed by atoms with van der Waals surface area (Å²) < 4.78 is 0. The molecule has 0 radical (unpaired) electrons. The van der Waals surface area contributed by atoms with Gasteiger partial charge in [0.1, 0.15) is 6.04 Å². The van der Waals surface area contributed by atoms with Crippen LogP contribution in [-0.2, 0) is 11.2 Å². The Balaban J connectivity index is 2.40. The number of nitrogens with one attached hydrogen (secondary N) is 1. The summed E-state index contributed by atoms with van der Waals surface area (Å²) in [6.45, 7) is 0.820. The zero-order valence-electron chi connectivity index (χ0n) is 8.41. The molecule has 1 aromatic rings. The van der Waals surface area contributed by atoms with E-state index in [0.29, 0.717) is 0 Å². The van der Waals surface area contributed by atoms with E-state index in [9.17, 15) is 4.79 Å². The van der Waals surface area contributed by atoms with Gasteiger partial charge in [-0.1, -0.05) is 0 Å². The second kappa shape index (κ2) is 3.71. The number of rotatable bonds is 1. The van der Waals surface area contributed by atoms with E-state index < -0.39 is 0 Å². The second-order valence-electron chi connectivity index (χ2n) is 3.54. The van der Waals surface area contributed by atoms with Crippen LogP contribution in [0.4, 0.5) is 0 Å². The fourth-order valence-corrected chi connectivity index (χ4v) is 2.85. The van der Waals surface area contributed by atoms with Crippen molar-refractivity contribution in [3.05, 3.63) is 21.9 Å². The summed E-state index contributed by atoms with van der Waals surface area (Å²) in [7, 11) is 3.70. The molecule has 0 saturated heterocycles. The topological polar surface area (TPSA) is 32.3 Å². The number of fused-ring (bicyclic) bond motifs is 1. The highest BCUT2D eigenvalue weighted by molar-refractivity contribution is 7.10. The molecular formula is C10H14N2OS. The highest BCUT2D eigenvalue weighted by Crippen LogP contribution is 2.28. The highest BCUT2D eigenvalue weighted by atomic mass is 32.1. The lowest BCUT2D eigenvalue weighted by Gasteiger charge is -2.19. The maximum absolute atomic E-state index is 11.9. The van der Waals surface area contributed by atoms with Crippen LogP contribution in [0, 0.1) is 0 Å². The van der Waals surface area contributed by atoms with Crippen molar-refractivity contribution in [2.24, 2.45) is 0 Å². The minimum Gasteiger partial charge on any atom is -0.344 e. The van der Waals surface area contributed by atoms with E-state index in [2.05, 4.69) is 16.8 Å². The molecule has 3 nitrogen and oxygen atoms in total. The Labute approximate surface area is 87.7 Å². The standard InChI is InChI=1S/C10H14N2OS/c1-11-8-9-7(4-6-14-9)3-5-12(2)10(8)13/h4,6,8,11H,3,5H2,1-2H3. The van der Waals surface area contributed by atoms with Crippen LogP contribution >= 0.6 is 11.3 Å². The Kier molecular flexibility index (Phi) is 2.56. The van der Waals surface area contributed by atoms with E-state index in [1.165, 1.54) is 10.4 Å². The first-order chi connectivity index (χ1) is 6.74. The van der Waals surface area contributed by atoms with Crippen molar-refractivity contribution >= 4 is 17.2 Å². The third-order valence-electron chi connectivity index (χ3n) is 2.67. The Morgan fingerprint density at radius 3 is 3.14 bits per heavy atom. The summed E-state index contributed by atoms with van der Waals surface area (Å²) >= 11 is 1.67.